The van der Waals surface area contributed by atoms with Gasteiger partial charge in [0.05, 0.1) is 21.8 Å². The summed E-state index contributed by atoms with van der Waals surface area (Å²) in [5, 5.41) is 7.77. The highest BCUT2D eigenvalue weighted by atomic mass is 32.1. The number of ether oxygens (including phenoxy) is 2. The highest BCUT2D eigenvalue weighted by molar-refractivity contribution is 7.18. The molecule has 2 aromatic carbocycles. The molecule has 8 heteroatoms. The van der Waals surface area contributed by atoms with Crippen molar-refractivity contribution in [2.24, 2.45) is 0 Å². The summed E-state index contributed by atoms with van der Waals surface area (Å²) in [4.78, 5) is 17.0. The van der Waals surface area contributed by atoms with Crippen LogP contribution >= 0.6 is 11.3 Å². The van der Waals surface area contributed by atoms with Gasteiger partial charge in [-0.05, 0) is 36.6 Å². The minimum atomic E-state index is -0.305. The Hall–Kier alpha value is -3.23. The molecule has 0 spiro atoms. The molecule has 1 aliphatic rings. The van der Waals surface area contributed by atoms with Crippen LogP contribution in [0.2, 0.25) is 0 Å². The molecule has 0 aliphatic carbocycles. The van der Waals surface area contributed by atoms with Crippen LogP contribution in [0.15, 0.2) is 53.1 Å². The minimum Gasteiger partial charge on any atom is -0.485 e. The number of hydrogen-bond acceptors (Lipinski definition) is 7. The third-order valence-electron chi connectivity index (χ3n) is 5.18. The summed E-state index contributed by atoms with van der Waals surface area (Å²) in [5.41, 5.74) is 3.51. The largest absolute Gasteiger partial charge is 0.485 e. The molecule has 1 atom stereocenters. The Labute approximate surface area is 183 Å². The first-order valence-corrected chi connectivity index (χ1v) is 10.9. The van der Waals surface area contributed by atoms with Gasteiger partial charge in [0.15, 0.2) is 11.5 Å². The topological polar surface area (TPSA) is 86.5 Å². The van der Waals surface area contributed by atoms with Crippen LogP contribution < -0.4 is 10.1 Å². The lowest BCUT2D eigenvalue weighted by Crippen LogP contribution is -2.32. The molecule has 1 N–H and O–H groups in total. The number of nitrogens with one attached hydrogen (secondary N) is 1. The van der Waals surface area contributed by atoms with Gasteiger partial charge in [-0.1, -0.05) is 29.4 Å². The predicted molar refractivity (Wildman–Crippen MR) is 116 cm³/mol. The van der Waals surface area contributed by atoms with Crippen molar-refractivity contribution in [3.05, 3.63) is 76.1 Å². The van der Waals surface area contributed by atoms with E-state index in [2.05, 4.69) is 21.5 Å². The molecule has 1 aliphatic heterocycles. The van der Waals surface area contributed by atoms with Crippen molar-refractivity contribution in [2.75, 3.05) is 13.2 Å². The molecule has 31 heavy (non-hydrogen) atoms. The van der Waals surface area contributed by atoms with E-state index in [0.29, 0.717) is 24.7 Å². The fourth-order valence-electron chi connectivity index (χ4n) is 3.68. The third-order valence-corrected chi connectivity index (χ3v) is 6.13. The number of amides is 1. The summed E-state index contributed by atoms with van der Waals surface area (Å²) < 4.78 is 18.0. The monoisotopic (exact) mass is 435 g/mol. The van der Waals surface area contributed by atoms with Crippen LogP contribution in [0.5, 0.6) is 5.75 Å². The van der Waals surface area contributed by atoms with Crippen molar-refractivity contribution in [3.8, 4) is 5.75 Å². The van der Waals surface area contributed by atoms with E-state index < -0.39 is 0 Å². The number of aryl methyl sites for hydroxylation is 1. The Bertz CT molecular complexity index is 1230. The molecular formula is C23H21N3O4S. The van der Waals surface area contributed by atoms with Gasteiger partial charge >= 0.3 is 0 Å². The molecule has 0 radical (unpaired) electrons. The maximum absolute atomic E-state index is 12.5. The first-order valence-electron chi connectivity index (χ1n) is 10.1. The van der Waals surface area contributed by atoms with Crippen LogP contribution in [0.4, 0.5) is 0 Å². The summed E-state index contributed by atoms with van der Waals surface area (Å²) in [6, 6.07) is 15.5. The van der Waals surface area contributed by atoms with Gasteiger partial charge in [-0.25, -0.2) is 4.98 Å². The van der Waals surface area contributed by atoms with Gasteiger partial charge in [0.25, 0.3) is 5.91 Å². The molecule has 0 bridgehead atoms. The number of aromatic nitrogens is 2. The number of nitrogens with zero attached hydrogens (tertiary/aromatic N) is 2. The van der Waals surface area contributed by atoms with Crippen LogP contribution in [0.1, 0.15) is 38.5 Å². The van der Waals surface area contributed by atoms with Gasteiger partial charge in [0.1, 0.15) is 18.5 Å². The lowest BCUT2D eigenvalue weighted by atomic mass is 9.97. The maximum Gasteiger partial charge on any atom is 0.273 e. The van der Waals surface area contributed by atoms with E-state index in [1.165, 1.54) is 5.56 Å². The Morgan fingerprint density at radius 1 is 1.26 bits per heavy atom. The normalized spacial score (nSPS) is 15.6. The van der Waals surface area contributed by atoms with Gasteiger partial charge in [-0.3, -0.25) is 4.79 Å². The fourth-order valence-corrected chi connectivity index (χ4v) is 4.48. The van der Waals surface area contributed by atoms with Crippen LogP contribution in [-0.4, -0.2) is 29.2 Å². The van der Waals surface area contributed by atoms with E-state index in [-0.39, 0.29) is 24.3 Å². The molecule has 1 unspecified atom stereocenters. The lowest BCUT2D eigenvalue weighted by Gasteiger charge is -2.26. The summed E-state index contributed by atoms with van der Waals surface area (Å²) in [5.74, 6) is 0.855. The van der Waals surface area contributed by atoms with E-state index >= 15 is 0 Å². The Balaban J connectivity index is 1.18. The number of fused-ring (bicyclic) bond motifs is 2. The Morgan fingerprint density at radius 2 is 2.16 bits per heavy atom. The Kier molecular flexibility index (Phi) is 5.40. The highest BCUT2D eigenvalue weighted by Gasteiger charge is 2.22. The first kappa shape index (κ1) is 19.7. The van der Waals surface area contributed by atoms with Crippen molar-refractivity contribution < 1.29 is 18.8 Å². The molecule has 0 saturated heterocycles. The summed E-state index contributed by atoms with van der Waals surface area (Å²) >= 11 is 1.64. The van der Waals surface area contributed by atoms with E-state index in [0.717, 1.165) is 27.2 Å². The number of benzene rings is 2. The van der Waals surface area contributed by atoms with Gasteiger partial charge in [0, 0.05) is 18.7 Å². The van der Waals surface area contributed by atoms with Gasteiger partial charge in [-0.15, -0.1) is 11.3 Å². The lowest BCUT2D eigenvalue weighted by molar-refractivity contribution is 0.0410. The van der Waals surface area contributed by atoms with Crippen LogP contribution in [0.3, 0.4) is 0 Å². The molecule has 3 heterocycles. The zero-order valence-electron chi connectivity index (χ0n) is 17.0. The van der Waals surface area contributed by atoms with Gasteiger partial charge < -0.3 is 19.3 Å². The predicted octanol–water partition coefficient (Wildman–Crippen LogP) is 4.22. The highest BCUT2D eigenvalue weighted by Crippen LogP contribution is 2.27. The second-order valence-electron chi connectivity index (χ2n) is 7.35. The second kappa shape index (κ2) is 8.49. The fraction of sp³-hybridized carbons (Fsp3) is 0.261. The van der Waals surface area contributed by atoms with E-state index in [9.17, 15) is 4.79 Å². The van der Waals surface area contributed by atoms with Crippen molar-refractivity contribution in [1.82, 2.24) is 15.5 Å². The zero-order valence-corrected chi connectivity index (χ0v) is 17.8. The minimum absolute atomic E-state index is 0.159. The zero-order chi connectivity index (χ0) is 21.2. The second-order valence-corrected chi connectivity index (χ2v) is 8.58. The Morgan fingerprint density at radius 3 is 3.10 bits per heavy atom. The summed E-state index contributed by atoms with van der Waals surface area (Å²) in [6.45, 7) is 3.18. The summed E-state index contributed by atoms with van der Waals surface area (Å²) in [6.07, 6.45) is 0.732. The van der Waals surface area contributed by atoms with E-state index in [4.69, 9.17) is 14.0 Å². The van der Waals surface area contributed by atoms with Crippen molar-refractivity contribution in [1.29, 1.82) is 0 Å². The molecule has 158 valence electrons. The maximum atomic E-state index is 12.5. The molecule has 7 nitrogen and oxygen atoms in total. The molecule has 4 aromatic rings. The van der Waals surface area contributed by atoms with E-state index in [1.807, 2.05) is 43.3 Å². The van der Waals surface area contributed by atoms with Crippen molar-refractivity contribution in [2.45, 2.75) is 26.1 Å². The third kappa shape index (κ3) is 4.30. The molecular weight excluding hydrogens is 414 g/mol. The average Bonchev–Trinajstić information content (AvgIpc) is 3.41. The number of carbonyl (C=O) groups excluding carboxylic acids is 1. The quantitative estimate of drug-likeness (QED) is 0.488. The molecule has 0 saturated carbocycles. The number of hydrogen-bond donors (Lipinski definition) is 1. The number of carbonyl (C=O) groups is 1. The SMILES string of the molecule is Cc1nc2cc(OCc3cc(C(=O)NCC4OCCc5ccccc54)no3)ccc2s1. The van der Waals surface area contributed by atoms with E-state index in [1.54, 1.807) is 17.4 Å². The van der Waals surface area contributed by atoms with Crippen LogP contribution in [0.25, 0.3) is 10.2 Å². The number of rotatable bonds is 6. The molecule has 1 amide bonds. The van der Waals surface area contributed by atoms with Crippen LogP contribution in [-0.2, 0) is 17.8 Å². The molecule has 0 fully saturated rings. The molecule has 5 rings (SSSR count). The van der Waals surface area contributed by atoms with Gasteiger partial charge in [0.2, 0.25) is 0 Å². The average molecular weight is 436 g/mol. The molecule has 2 aromatic heterocycles. The number of thiazole rings is 1. The summed E-state index contributed by atoms with van der Waals surface area (Å²) in [7, 11) is 0. The smallest absolute Gasteiger partial charge is 0.273 e. The first-order chi connectivity index (χ1) is 15.2. The van der Waals surface area contributed by atoms with Crippen molar-refractivity contribution >= 4 is 27.5 Å². The standard InChI is InChI=1S/C23H21N3O4S/c1-14-25-19-10-16(6-7-22(19)31-14)29-13-17-11-20(26-30-17)23(27)24-12-21-18-5-3-2-4-15(18)8-9-28-21/h2-7,10-11,21H,8-9,12-13H2,1H3,(H,24,27). The van der Waals surface area contributed by atoms with Crippen LogP contribution in [0, 0.1) is 6.92 Å². The van der Waals surface area contributed by atoms with Gasteiger partial charge in [-0.2, -0.15) is 0 Å². The van der Waals surface area contributed by atoms with Crippen molar-refractivity contribution in [3.63, 3.8) is 0 Å².